The van der Waals surface area contributed by atoms with E-state index < -0.39 is 20.3 Å². The van der Waals surface area contributed by atoms with E-state index in [0.717, 1.165) is 0 Å². The minimum atomic E-state index is -1.84. The topological polar surface area (TPSA) is 41.3 Å². The van der Waals surface area contributed by atoms with Gasteiger partial charge in [0.15, 0.2) is 20.2 Å². The van der Waals surface area contributed by atoms with Crippen molar-refractivity contribution in [3.05, 3.63) is 11.4 Å². The highest BCUT2D eigenvalue weighted by atomic mass is 28.4. The first-order valence-corrected chi connectivity index (χ1v) is 10.4. The fourth-order valence-electron chi connectivity index (χ4n) is 2.40. The SMILES string of the molecule is [C-]#[N+][C@@H]1O[C@H](CO[Si](C)(C)C(C)(C)C)[C@H]2OC(C)(C)O[C@H]21. The summed E-state index contributed by atoms with van der Waals surface area (Å²) in [5, 5.41) is 0.149. The average molecular weight is 313 g/mol. The summed E-state index contributed by atoms with van der Waals surface area (Å²) in [6, 6.07) is 0. The molecule has 2 fully saturated rings. The maximum absolute atomic E-state index is 7.26. The van der Waals surface area contributed by atoms with Crippen LogP contribution in [0.1, 0.15) is 34.6 Å². The fourth-order valence-corrected chi connectivity index (χ4v) is 3.42. The second-order valence-corrected chi connectivity index (χ2v) is 12.6. The maximum Gasteiger partial charge on any atom is 0.357 e. The van der Waals surface area contributed by atoms with Gasteiger partial charge in [0.05, 0.1) is 6.61 Å². The standard InChI is InChI=1S/C15H27NO4Si/c1-14(2,3)21(7,8)17-9-10-11-12(13(16-6)18-10)20-15(4,5)19-11/h10-13H,9H2,1-5,7-8H3/t10-,11-,12-,13-/m1/s1. The van der Waals surface area contributed by atoms with Crippen LogP contribution in [0.4, 0.5) is 0 Å². The van der Waals surface area contributed by atoms with Gasteiger partial charge < -0.3 is 13.9 Å². The highest BCUT2D eigenvalue weighted by molar-refractivity contribution is 6.74. The highest BCUT2D eigenvalue weighted by Crippen LogP contribution is 2.41. The molecule has 6 heteroatoms. The molecule has 0 bridgehead atoms. The largest absolute Gasteiger partial charge is 0.414 e. The lowest BCUT2D eigenvalue weighted by Crippen LogP contribution is -2.44. The Kier molecular flexibility index (Phi) is 4.28. The van der Waals surface area contributed by atoms with E-state index in [9.17, 15) is 0 Å². The third-order valence-electron chi connectivity index (χ3n) is 4.67. The quantitative estimate of drug-likeness (QED) is 0.593. The number of nitrogens with zero attached hydrogens (tertiary/aromatic N) is 1. The molecule has 2 heterocycles. The molecule has 2 aliphatic rings. The summed E-state index contributed by atoms with van der Waals surface area (Å²) in [5.74, 6) is -0.655. The van der Waals surface area contributed by atoms with Gasteiger partial charge >= 0.3 is 6.23 Å². The van der Waals surface area contributed by atoms with Crippen LogP contribution < -0.4 is 0 Å². The van der Waals surface area contributed by atoms with Crippen molar-refractivity contribution >= 4 is 8.32 Å². The van der Waals surface area contributed by atoms with E-state index in [-0.39, 0.29) is 23.4 Å². The van der Waals surface area contributed by atoms with Crippen molar-refractivity contribution in [2.75, 3.05) is 6.61 Å². The van der Waals surface area contributed by atoms with E-state index in [1.54, 1.807) is 0 Å². The molecular weight excluding hydrogens is 286 g/mol. The summed E-state index contributed by atoms with van der Waals surface area (Å²) in [5.41, 5.74) is 0. The Bertz CT molecular complexity index is 438. The zero-order valence-corrected chi connectivity index (χ0v) is 15.1. The average Bonchev–Trinajstić information content (AvgIpc) is 2.78. The number of fused-ring (bicyclic) bond motifs is 1. The summed E-state index contributed by atoms with van der Waals surface area (Å²) in [7, 11) is -1.84. The third kappa shape index (κ3) is 3.32. The second kappa shape index (κ2) is 5.32. The summed E-state index contributed by atoms with van der Waals surface area (Å²) < 4.78 is 23.7. The molecule has 0 aromatic carbocycles. The molecule has 0 saturated carbocycles. The smallest absolute Gasteiger partial charge is 0.357 e. The van der Waals surface area contributed by atoms with Crippen molar-refractivity contribution in [3.8, 4) is 0 Å². The van der Waals surface area contributed by atoms with E-state index in [1.807, 2.05) is 13.8 Å². The second-order valence-electron chi connectivity index (χ2n) is 7.83. The van der Waals surface area contributed by atoms with Gasteiger partial charge in [0.25, 0.3) is 0 Å². The molecule has 0 aliphatic carbocycles. The van der Waals surface area contributed by atoms with Gasteiger partial charge in [-0.25, -0.2) is 6.57 Å². The van der Waals surface area contributed by atoms with Crippen LogP contribution >= 0.6 is 0 Å². The van der Waals surface area contributed by atoms with Crippen molar-refractivity contribution in [2.45, 2.75) is 83.1 Å². The molecule has 4 atom stereocenters. The predicted molar refractivity (Wildman–Crippen MR) is 82.2 cm³/mol. The van der Waals surface area contributed by atoms with Gasteiger partial charge in [-0.1, -0.05) is 20.8 Å². The van der Waals surface area contributed by atoms with E-state index in [1.165, 1.54) is 0 Å². The summed E-state index contributed by atoms with van der Waals surface area (Å²) in [4.78, 5) is 3.52. The van der Waals surface area contributed by atoms with Gasteiger partial charge in [-0.2, -0.15) is 0 Å². The van der Waals surface area contributed by atoms with Crippen LogP contribution in [-0.2, 0) is 18.6 Å². The monoisotopic (exact) mass is 313 g/mol. The van der Waals surface area contributed by atoms with Gasteiger partial charge in [0, 0.05) is 0 Å². The van der Waals surface area contributed by atoms with E-state index in [4.69, 9.17) is 25.2 Å². The van der Waals surface area contributed by atoms with Gasteiger partial charge in [-0.3, -0.25) is 9.58 Å². The van der Waals surface area contributed by atoms with Crippen molar-refractivity contribution in [3.63, 3.8) is 0 Å². The number of hydrogen-bond acceptors (Lipinski definition) is 4. The van der Waals surface area contributed by atoms with Gasteiger partial charge in [-0.05, 0) is 32.0 Å². The molecule has 0 aromatic rings. The molecule has 0 unspecified atom stereocenters. The number of hydrogen-bond donors (Lipinski definition) is 0. The molecule has 0 radical (unpaired) electrons. The molecule has 120 valence electrons. The molecule has 2 aliphatic heterocycles. The zero-order chi connectivity index (χ0) is 16.1. The Morgan fingerprint density at radius 1 is 1.19 bits per heavy atom. The van der Waals surface area contributed by atoms with Crippen LogP contribution in [0.5, 0.6) is 0 Å². The molecular formula is C15H27NO4Si. The minimum absolute atomic E-state index is 0.149. The van der Waals surface area contributed by atoms with Crippen LogP contribution in [0.25, 0.3) is 4.85 Å². The molecule has 0 amide bonds. The lowest BCUT2D eigenvalue weighted by Gasteiger charge is -2.37. The van der Waals surface area contributed by atoms with Crippen molar-refractivity contribution in [1.29, 1.82) is 0 Å². The van der Waals surface area contributed by atoms with E-state index >= 15 is 0 Å². The van der Waals surface area contributed by atoms with Crippen LogP contribution in [0.3, 0.4) is 0 Å². The van der Waals surface area contributed by atoms with Gasteiger partial charge in [0.2, 0.25) is 0 Å². The first kappa shape index (κ1) is 16.9. The zero-order valence-electron chi connectivity index (χ0n) is 14.1. The Morgan fingerprint density at radius 2 is 1.76 bits per heavy atom. The first-order chi connectivity index (χ1) is 9.47. The third-order valence-corrected chi connectivity index (χ3v) is 9.17. The lowest BCUT2D eigenvalue weighted by atomic mass is 10.1. The van der Waals surface area contributed by atoms with Crippen LogP contribution in [0.15, 0.2) is 0 Å². The summed E-state index contributed by atoms with van der Waals surface area (Å²) in [6.07, 6.45) is -1.36. The van der Waals surface area contributed by atoms with Gasteiger partial charge in [-0.15, -0.1) is 0 Å². The summed E-state index contributed by atoms with van der Waals surface area (Å²) >= 11 is 0. The molecule has 0 N–H and O–H groups in total. The van der Waals surface area contributed by atoms with E-state index in [2.05, 4.69) is 38.7 Å². The van der Waals surface area contributed by atoms with Crippen molar-refractivity contribution in [2.24, 2.45) is 0 Å². The fraction of sp³-hybridized carbons (Fsp3) is 0.933. The first-order valence-electron chi connectivity index (χ1n) is 7.48. The Hall–Kier alpha value is -0.453. The Balaban J connectivity index is 2.03. The van der Waals surface area contributed by atoms with Crippen molar-refractivity contribution < 1.29 is 18.6 Å². The molecule has 21 heavy (non-hydrogen) atoms. The Labute approximate surface area is 128 Å². The molecule has 2 saturated heterocycles. The number of ether oxygens (including phenoxy) is 3. The minimum Gasteiger partial charge on any atom is -0.414 e. The summed E-state index contributed by atoms with van der Waals surface area (Å²) in [6.45, 7) is 22.5. The Morgan fingerprint density at radius 3 is 2.29 bits per heavy atom. The highest BCUT2D eigenvalue weighted by Gasteiger charge is 2.59. The van der Waals surface area contributed by atoms with Gasteiger partial charge in [0.1, 0.15) is 12.2 Å². The number of rotatable bonds is 3. The van der Waals surface area contributed by atoms with Crippen LogP contribution in [-0.4, -0.2) is 45.3 Å². The maximum atomic E-state index is 7.26. The molecule has 0 aromatic heterocycles. The predicted octanol–water partition coefficient (Wildman–Crippen LogP) is 3.17. The lowest BCUT2D eigenvalue weighted by molar-refractivity contribution is -0.185. The molecule has 5 nitrogen and oxygen atoms in total. The van der Waals surface area contributed by atoms with Crippen molar-refractivity contribution in [1.82, 2.24) is 0 Å². The normalized spacial score (nSPS) is 35.5. The van der Waals surface area contributed by atoms with Crippen LogP contribution in [0, 0.1) is 6.57 Å². The van der Waals surface area contributed by atoms with E-state index in [0.29, 0.717) is 6.61 Å². The molecule has 0 spiro atoms. The molecule has 2 rings (SSSR count). The van der Waals surface area contributed by atoms with Crippen LogP contribution in [0.2, 0.25) is 18.1 Å².